The second-order valence-electron chi connectivity index (χ2n) is 5.41. The molecule has 2 aliphatic rings. The van der Waals surface area contributed by atoms with Gasteiger partial charge in [0.05, 0.1) is 6.42 Å². The van der Waals surface area contributed by atoms with Gasteiger partial charge < -0.3 is 4.90 Å². The molecule has 90 valence electrons. The van der Waals surface area contributed by atoms with Crippen LogP contribution in [0.1, 0.15) is 24.8 Å². The molecule has 0 spiro atoms. The molecule has 1 amide bonds. The summed E-state index contributed by atoms with van der Waals surface area (Å²) in [4.78, 5) is 14.3. The van der Waals surface area contributed by atoms with Crippen LogP contribution in [-0.4, -0.2) is 23.9 Å². The zero-order valence-electron chi connectivity index (χ0n) is 10.1. The number of nitrogens with zero attached hydrogens (tertiary/aromatic N) is 1. The Morgan fingerprint density at radius 2 is 1.76 bits per heavy atom. The van der Waals surface area contributed by atoms with E-state index in [-0.39, 0.29) is 0 Å². The van der Waals surface area contributed by atoms with E-state index in [4.69, 9.17) is 0 Å². The van der Waals surface area contributed by atoms with E-state index in [0.29, 0.717) is 12.3 Å². The first kappa shape index (κ1) is 10.8. The molecule has 1 saturated heterocycles. The van der Waals surface area contributed by atoms with E-state index in [1.807, 2.05) is 30.3 Å². The first-order chi connectivity index (χ1) is 8.33. The van der Waals surface area contributed by atoms with Crippen molar-refractivity contribution in [2.45, 2.75) is 25.7 Å². The van der Waals surface area contributed by atoms with Gasteiger partial charge in [0.2, 0.25) is 5.91 Å². The van der Waals surface area contributed by atoms with Crippen molar-refractivity contribution in [1.29, 1.82) is 0 Å². The highest BCUT2D eigenvalue weighted by atomic mass is 16.2. The van der Waals surface area contributed by atoms with Crippen molar-refractivity contribution in [3.8, 4) is 0 Å². The lowest BCUT2D eigenvalue weighted by Crippen LogP contribution is -2.30. The summed E-state index contributed by atoms with van der Waals surface area (Å²) in [5.41, 5.74) is 1.13. The minimum atomic E-state index is 0.311. The Bertz CT molecular complexity index is 389. The number of rotatable bonds is 2. The summed E-state index contributed by atoms with van der Waals surface area (Å²) in [6.45, 7) is 2.02. The molecule has 0 radical (unpaired) electrons. The molecule has 1 aliphatic carbocycles. The molecule has 2 atom stereocenters. The monoisotopic (exact) mass is 229 g/mol. The lowest BCUT2D eigenvalue weighted by molar-refractivity contribution is -0.129. The largest absolute Gasteiger partial charge is 0.342 e. The first-order valence-electron chi connectivity index (χ1n) is 6.64. The van der Waals surface area contributed by atoms with E-state index < -0.39 is 0 Å². The third-order valence-corrected chi connectivity index (χ3v) is 4.28. The number of fused-ring (bicyclic) bond motifs is 1. The van der Waals surface area contributed by atoms with Crippen molar-refractivity contribution in [2.24, 2.45) is 11.8 Å². The molecular formula is C15H19NO. The molecule has 1 heterocycles. The fourth-order valence-electron chi connectivity index (χ4n) is 3.32. The Morgan fingerprint density at radius 1 is 1.12 bits per heavy atom. The molecule has 0 bridgehead atoms. The van der Waals surface area contributed by atoms with E-state index in [0.717, 1.165) is 30.5 Å². The Morgan fingerprint density at radius 3 is 2.41 bits per heavy atom. The summed E-state index contributed by atoms with van der Waals surface area (Å²) in [7, 11) is 0. The van der Waals surface area contributed by atoms with Gasteiger partial charge >= 0.3 is 0 Å². The number of hydrogen-bond acceptors (Lipinski definition) is 1. The zero-order chi connectivity index (χ0) is 11.7. The zero-order valence-corrected chi connectivity index (χ0v) is 10.1. The number of likely N-dealkylation sites (tertiary alicyclic amines) is 1. The Labute approximate surface area is 103 Å². The highest BCUT2D eigenvalue weighted by Gasteiger charge is 2.37. The number of amides is 1. The Hall–Kier alpha value is -1.31. The predicted octanol–water partition coefficient (Wildman–Crippen LogP) is 2.49. The minimum Gasteiger partial charge on any atom is -0.342 e. The molecule has 1 aliphatic heterocycles. The summed E-state index contributed by atoms with van der Waals surface area (Å²) in [6, 6.07) is 10.1. The maximum atomic E-state index is 12.2. The van der Waals surface area contributed by atoms with E-state index in [1.165, 1.54) is 19.3 Å². The fourth-order valence-corrected chi connectivity index (χ4v) is 3.32. The van der Waals surface area contributed by atoms with Crippen LogP contribution in [0, 0.1) is 11.8 Å². The van der Waals surface area contributed by atoms with Gasteiger partial charge in [0.15, 0.2) is 0 Å². The average molecular weight is 229 g/mol. The minimum absolute atomic E-state index is 0.311. The lowest BCUT2D eigenvalue weighted by Gasteiger charge is -2.17. The second kappa shape index (κ2) is 4.52. The summed E-state index contributed by atoms with van der Waals surface area (Å²) in [6.07, 6.45) is 4.61. The number of benzene rings is 1. The van der Waals surface area contributed by atoms with E-state index in [1.54, 1.807) is 0 Å². The van der Waals surface area contributed by atoms with Gasteiger partial charge in [-0.15, -0.1) is 0 Å². The van der Waals surface area contributed by atoms with E-state index in [2.05, 4.69) is 4.90 Å². The summed E-state index contributed by atoms with van der Waals surface area (Å²) < 4.78 is 0. The topological polar surface area (TPSA) is 20.3 Å². The Balaban J connectivity index is 1.61. The quantitative estimate of drug-likeness (QED) is 0.763. The fraction of sp³-hybridized carbons (Fsp3) is 0.533. The lowest BCUT2D eigenvalue weighted by atomic mass is 10.0. The van der Waals surface area contributed by atoms with Crippen LogP contribution in [0.15, 0.2) is 30.3 Å². The van der Waals surface area contributed by atoms with Crippen LogP contribution in [0.3, 0.4) is 0 Å². The van der Waals surface area contributed by atoms with Gasteiger partial charge in [-0.1, -0.05) is 36.8 Å². The highest BCUT2D eigenvalue weighted by Crippen LogP contribution is 2.37. The molecule has 0 N–H and O–H groups in total. The molecule has 1 aromatic carbocycles. The highest BCUT2D eigenvalue weighted by molar-refractivity contribution is 5.79. The van der Waals surface area contributed by atoms with Crippen LogP contribution in [0.25, 0.3) is 0 Å². The SMILES string of the molecule is O=C(Cc1ccccc1)N1C[C@H]2CCC[C@H]2C1. The predicted molar refractivity (Wildman–Crippen MR) is 67.6 cm³/mol. The summed E-state index contributed by atoms with van der Waals surface area (Å²) in [5, 5.41) is 0. The molecule has 2 nitrogen and oxygen atoms in total. The van der Waals surface area contributed by atoms with Crippen molar-refractivity contribution in [2.75, 3.05) is 13.1 Å². The van der Waals surface area contributed by atoms with Gasteiger partial charge in [-0.25, -0.2) is 0 Å². The van der Waals surface area contributed by atoms with Crippen molar-refractivity contribution >= 4 is 5.91 Å². The molecule has 0 unspecified atom stereocenters. The van der Waals surface area contributed by atoms with Crippen LogP contribution < -0.4 is 0 Å². The molecule has 2 fully saturated rings. The van der Waals surface area contributed by atoms with Crippen molar-refractivity contribution in [3.05, 3.63) is 35.9 Å². The third kappa shape index (κ3) is 2.21. The van der Waals surface area contributed by atoms with E-state index in [9.17, 15) is 4.79 Å². The van der Waals surface area contributed by atoms with Gasteiger partial charge in [0.25, 0.3) is 0 Å². The van der Waals surface area contributed by atoms with Crippen LogP contribution in [0.5, 0.6) is 0 Å². The molecule has 1 aromatic rings. The molecule has 2 heteroatoms. The smallest absolute Gasteiger partial charge is 0.227 e. The maximum absolute atomic E-state index is 12.2. The van der Waals surface area contributed by atoms with Crippen molar-refractivity contribution < 1.29 is 4.79 Å². The molecule has 3 rings (SSSR count). The van der Waals surface area contributed by atoms with E-state index >= 15 is 0 Å². The number of carbonyl (C=O) groups excluding carboxylic acids is 1. The summed E-state index contributed by atoms with van der Waals surface area (Å²) >= 11 is 0. The molecule has 0 aromatic heterocycles. The second-order valence-corrected chi connectivity index (χ2v) is 5.41. The average Bonchev–Trinajstić information content (AvgIpc) is 2.90. The van der Waals surface area contributed by atoms with Gasteiger partial charge in [-0.2, -0.15) is 0 Å². The molecule has 1 saturated carbocycles. The summed E-state index contributed by atoms with van der Waals surface area (Å²) in [5.74, 6) is 1.91. The van der Waals surface area contributed by atoms with Gasteiger partial charge in [0, 0.05) is 13.1 Å². The van der Waals surface area contributed by atoms with Crippen LogP contribution in [0.4, 0.5) is 0 Å². The Kier molecular flexibility index (Phi) is 2.87. The van der Waals surface area contributed by atoms with Gasteiger partial charge in [-0.3, -0.25) is 4.79 Å². The van der Waals surface area contributed by atoms with Crippen LogP contribution in [0.2, 0.25) is 0 Å². The van der Waals surface area contributed by atoms with Crippen molar-refractivity contribution in [3.63, 3.8) is 0 Å². The maximum Gasteiger partial charge on any atom is 0.227 e. The normalized spacial score (nSPS) is 27.2. The van der Waals surface area contributed by atoms with Crippen LogP contribution in [-0.2, 0) is 11.2 Å². The first-order valence-corrected chi connectivity index (χ1v) is 6.64. The van der Waals surface area contributed by atoms with Crippen LogP contribution >= 0.6 is 0 Å². The molecular weight excluding hydrogens is 210 g/mol. The van der Waals surface area contributed by atoms with Gasteiger partial charge in [-0.05, 0) is 30.2 Å². The standard InChI is InChI=1S/C15H19NO/c17-15(9-12-5-2-1-3-6-12)16-10-13-7-4-8-14(13)11-16/h1-3,5-6,13-14H,4,7-11H2/t13-,14+. The number of carbonyl (C=O) groups is 1. The van der Waals surface area contributed by atoms with Crippen molar-refractivity contribution in [1.82, 2.24) is 4.90 Å². The number of hydrogen-bond donors (Lipinski definition) is 0. The van der Waals surface area contributed by atoms with Gasteiger partial charge in [0.1, 0.15) is 0 Å². The molecule has 17 heavy (non-hydrogen) atoms. The third-order valence-electron chi connectivity index (χ3n) is 4.28.